The van der Waals surface area contributed by atoms with Gasteiger partial charge in [0, 0.05) is 5.69 Å². The van der Waals surface area contributed by atoms with Crippen molar-refractivity contribution < 1.29 is 19.1 Å². The van der Waals surface area contributed by atoms with E-state index in [0.29, 0.717) is 23.4 Å². The molecule has 2 N–H and O–H groups in total. The Morgan fingerprint density at radius 3 is 2.21 bits per heavy atom. The van der Waals surface area contributed by atoms with Crippen molar-refractivity contribution >= 4 is 35.4 Å². The molecule has 8 nitrogen and oxygen atoms in total. The molecule has 0 spiro atoms. The topological polar surface area (TPSA) is 112 Å². The van der Waals surface area contributed by atoms with Crippen molar-refractivity contribution in [2.45, 2.75) is 72.1 Å². The molecule has 0 radical (unpaired) electrons. The smallest absolute Gasteiger partial charge is 0.408 e. The van der Waals surface area contributed by atoms with E-state index in [0.717, 1.165) is 23.1 Å². The Labute approximate surface area is 236 Å². The van der Waals surface area contributed by atoms with Gasteiger partial charge in [0.1, 0.15) is 24.2 Å². The maximum Gasteiger partial charge on any atom is 0.408 e. The van der Waals surface area contributed by atoms with Gasteiger partial charge in [0.05, 0.1) is 6.07 Å². The fraction of sp³-hybridized carbons (Fsp3) is 0.467. The van der Waals surface area contributed by atoms with Crippen LogP contribution in [0.15, 0.2) is 42.5 Å². The van der Waals surface area contributed by atoms with Gasteiger partial charge in [0.2, 0.25) is 5.91 Å². The monoisotopic (exact) mass is 552 g/mol. The van der Waals surface area contributed by atoms with Crippen LogP contribution in [0.5, 0.6) is 0 Å². The van der Waals surface area contributed by atoms with Gasteiger partial charge in [0.25, 0.3) is 5.91 Å². The number of carbonyl (C=O) groups excluding carboxylic acids is 3. The highest BCUT2D eigenvalue weighted by molar-refractivity contribution is 7.98. The summed E-state index contributed by atoms with van der Waals surface area (Å²) < 4.78 is 5.39. The Morgan fingerprint density at radius 2 is 1.69 bits per heavy atom. The first-order valence-electron chi connectivity index (χ1n) is 13.0. The standard InChI is InChI=1S/C30H40N4O4S/c1-8-22-12-14-23(15-13-22)26(27(35)33-25-20(2)10-9-11-21(25)3)34(18-17-31)28(36)24(16-19-39-7)32-29(37)38-30(4,5)6/h9-15,24,26H,8,16,18-19H2,1-7H3,(H,32,37)(H,33,35). The number of anilines is 1. The summed E-state index contributed by atoms with van der Waals surface area (Å²) in [4.78, 5) is 41.8. The third kappa shape index (κ3) is 9.32. The number of hydrogen-bond acceptors (Lipinski definition) is 6. The Morgan fingerprint density at radius 1 is 1.08 bits per heavy atom. The molecule has 2 aromatic rings. The van der Waals surface area contributed by atoms with Gasteiger partial charge in [-0.3, -0.25) is 9.59 Å². The largest absolute Gasteiger partial charge is 0.444 e. The molecule has 0 saturated carbocycles. The van der Waals surface area contributed by atoms with E-state index in [1.165, 1.54) is 16.7 Å². The van der Waals surface area contributed by atoms with Crippen LogP contribution in [-0.4, -0.2) is 53.0 Å². The molecule has 0 saturated heterocycles. The summed E-state index contributed by atoms with van der Waals surface area (Å²) in [5.74, 6) is -0.393. The minimum Gasteiger partial charge on any atom is -0.444 e. The van der Waals surface area contributed by atoms with Crippen LogP contribution in [0.2, 0.25) is 0 Å². The number of hydrogen-bond donors (Lipinski definition) is 2. The van der Waals surface area contributed by atoms with Crippen molar-refractivity contribution in [3.05, 3.63) is 64.7 Å². The van der Waals surface area contributed by atoms with Crippen LogP contribution in [0.1, 0.15) is 62.4 Å². The molecule has 3 amide bonds. The lowest BCUT2D eigenvalue weighted by molar-refractivity contribution is -0.140. The molecule has 0 fully saturated rings. The molecular weight excluding hydrogens is 512 g/mol. The van der Waals surface area contributed by atoms with E-state index in [2.05, 4.69) is 10.6 Å². The summed E-state index contributed by atoms with van der Waals surface area (Å²) >= 11 is 1.53. The molecule has 0 aromatic heterocycles. The zero-order chi connectivity index (χ0) is 29.2. The number of aryl methyl sites for hydroxylation is 3. The van der Waals surface area contributed by atoms with Crippen molar-refractivity contribution in [1.29, 1.82) is 5.26 Å². The molecule has 0 bridgehead atoms. The molecule has 0 heterocycles. The Balaban J connectivity index is 2.54. The van der Waals surface area contributed by atoms with Gasteiger partial charge in [-0.05, 0) is 81.7 Å². The number of ether oxygens (including phenoxy) is 1. The maximum absolute atomic E-state index is 14.0. The second-order valence-electron chi connectivity index (χ2n) is 10.4. The summed E-state index contributed by atoms with van der Waals surface area (Å²) in [6.07, 6.45) is 2.29. The van der Waals surface area contributed by atoms with E-state index in [1.54, 1.807) is 20.8 Å². The average Bonchev–Trinajstić information content (AvgIpc) is 2.87. The first-order valence-corrected chi connectivity index (χ1v) is 14.4. The van der Waals surface area contributed by atoms with Crippen molar-refractivity contribution in [2.75, 3.05) is 23.9 Å². The molecule has 2 aromatic carbocycles. The van der Waals surface area contributed by atoms with Crippen molar-refractivity contribution in [3.63, 3.8) is 0 Å². The first kappa shape index (κ1) is 31.7. The molecule has 39 heavy (non-hydrogen) atoms. The second-order valence-corrected chi connectivity index (χ2v) is 11.3. The summed E-state index contributed by atoms with van der Waals surface area (Å²) in [7, 11) is 0. The number of benzene rings is 2. The summed E-state index contributed by atoms with van der Waals surface area (Å²) in [6.45, 7) is 10.7. The predicted octanol–water partition coefficient (Wildman–Crippen LogP) is 5.54. The van der Waals surface area contributed by atoms with Gasteiger partial charge in [-0.1, -0.05) is 49.4 Å². The van der Waals surface area contributed by atoms with Crippen molar-refractivity contribution in [2.24, 2.45) is 0 Å². The number of nitrogens with one attached hydrogen (secondary N) is 2. The van der Waals surface area contributed by atoms with Gasteiger partial charge >= 0.3 is 6.09 Å². The molecule has 0 aliphatic carbocycles. The SMILES string of the molecule is CCc1ccc(C(C(=O)Nc2c(C)cccc2C)N(CC#N)C(=O)C(CCSC)NC(=O)OC(C)(C)C)cc1. The Kier molecular flexibility index (Phi) is 11.9. The number of thioether (sulfide) groups is 1. The molecule has 0 aliphatic heterocycles. The van der Waals surface area contributed by atoms with Crippen LogP contribution in [0.3, 0.4) is 0 Å². The third-order valence-corrected chi connectivity index (χ3v) is 6.76. The predicted molar refractivity (Wildman–Crippen MR) is 157 cm³/mol. The Bertz CT molecular complexity index is 1160. The number of para-hydroxylation sites is 1. The van der Waals surface area contributed by atoms with Crippen LogP contribution in [-0.2, 0) is 20.7 Å². The van der Waals surface area contributed by atoms with Crippen LogP contribution < -0.4 is 10.6 Å². The van der Waals surface area contributed by atoms with E-state index < -0.39 is 35.6 Å². The number of nitrogens with zero attached hydrogens (tertiary/aromatic N) is 2. The fourth-order valence-electron chi connectivity index (χ4n) is 4.13. The van der Waals surface area contributed by atoms with E-state index >= 15 is 0 Å². The molecule has 2 atom stereocenters. The van der Waals surface area contributed by atoms with E-state index in [-0.39, 0.29) is 6.54 Å². The lowest BCUT2D eigenvalue weighted by atomic mass is 9.99. The van der Waals surface area contributed by atoms with Crippen LogP contribution in [0.4, 0.5) is 10.5 Å². The maximum atomic E-state index is 14.0. The van der Waals surface area contributed by atoms with E-state index in [1.807, 2.05) is 75.6 Å². The highest BCUT2D eigenvalue weighted by Crippen LogP contribution is 2.27. The number of nitriles is 1. The minimum absolute atomic E-state index is 0.307. The van der Waals surface area contributed by atoms with E-state index in [4.69, 9.17) is 4.74 Å². The number of carbonyl (C=O) groups is 3. The van der Waals surface area contributed by atoms with Gasteiger partial charge in [-0.15, -0.1) is 0 Å². The quantitative estimate of drug-likeness (QED) is 0.354. The minimum atomic E-state index is -1.10. The zero-order valence-corrected chi connectivity index (χ0v) is 24.8. The van der Waals surface area contributed by atoms with Crippen molar-refractivity contribution in [1.82, 2.24) is 10.2 Å². The number of rotatable bonds is 11. The molecule has 210 valence electrons. The average molecular weight is 553 g/mol. The van der Waals surface area contributed by atoms with Crippen LogP contribution in [0.25, 0.3) is 0 Å². The fourth-order valence-corrected chi connectivity index (χ4v) is 4.60. The zero-order valence-electron chi connectivity index (χ0n) is 24.0. The summed E-state index contributed by atoms with van der Waals surface area (Å²) in [5.41, 5.74) is 3.32. The second kappa shape index (κ2) is 14.6. The number of amides is 3. The molecule has 0 aliphatic rings. The lowest BCUT2D eigenvalue weighted by Crippen LogP contribution is -2.52. The van der Waals surface area contributed by atoms with Gasteiger partial charge in [-0.25, -0.2) is 4.79 Å². The highest BCUT2D eigenvalue weighted by Gasteiger charge is 2.36. The molecule has 9 heteroatoms. The normalized spacial score (nSPS) is 12.6. The van der Waals surface area contributed by atoms with Crippen LogP contribution in [0, 0.1) is 25.2 Å². The lowest BCUT2D eigenvalue weighted by Gasteiger charge is -2.33. The Hall–Kier alpha value is -3.51. The summed E-state index contributed by atoms with van der Waals surface area (Å²) in [6, 6.07) is 13.1. The van der Waals surface area contributed by atoms with Gasteiger partial charge < -0.3 is 20.3 Å². The van der Waals surface area contributed by atoms with Crippen molar-refractivity contribution in [3.8, 4) is 6.07 Å². The highest BCUT2D eigenvalue weighted by atomic mass is 32.2. The summed E-state index contributed by atoms with van der Waals surface area (Å²) in [5, 5.41) is 15.4. The van der Waals surface area contributed by atoms with Gasteiger partial charge in [0.15, 0.2) is 0 Å². The molecule has 2 rings (SSSR count). The van der Waals surface area contributed by atoms with Gasteiger partial charge in [-0.2, -0.15) is 17.0 Å². The number of alkyl carbamates (subject to hydrolysis) is 1. The van der Waals surface area contributed by atoms with E-state index in [9.17, 15) is 19.6 Å². The molecular formula is C30H40N4O4S. The third-order valence-electron chi connectivity index (χ3n) is 6.12. The molecule has 2 unspecified atom stereocenters. The first-order chi connectivity index (χ1) is 18.4. The van der Waals surface area contributed by atoms with Crippen LogP contribution >= 0.6 is 11.8 Å².